The molecular weight excluding hydrogens is 1080 g/mol. The van der Waals surface area contributed by atoms with Crippen LogP contribution < -0.4 is 16.0 Å². The smallest absolute Gasteiger partial charge is 0.332 e. The van der Waals surface area contributed by atoms with Gasteiger partial charge in [0.05, 0.1) is 12.2 Å². The molecule has 21 nitrogen and oxygen atoms in total. The van der Waals surface area contributed by atoms with Gasteiger partial charge < -0.3 is 55.0 Å². The van der Waals surface area contributed by atoms with Gasteiger partial charge in [-0.3, -0.25) is 43.2 Å². The topological polar surface area (TPSA) is 262 Å². The van der Waals surface area contributed by atoms with Crippen molar-refractivity contribution >= 4 is 59.2 Å². The quantitative estimate of drug-likeness (QED) is 0.126. The molecule has 0 bridgehead atoms. The minimum absolute atomic E-state index is 0.00122. The summed E-state index contributed by atoms with van der Waals surface area (Å²) < 4.78 is 11.5. The number of hydrogen-bond donors (Lipinski definition) is 4. The van der Waals surface area contributed by atoms with Gasteiger partial charge in [0.15, 0.2) is 12.1 Å². The van der Waals surface area contributed by atoms with Crippen LogP contribution in [-0.2, 0) is 70.3 Å². The normalized spacial score (nSPS) is 25.2. The first kappa shape index (κ1) is 69.6. The third kappa shape index (κ3) is 18.5. The van der Waals surface area contributed by atoms with E-state index in [-0.39, 0.29) is 57.6 Å². The van der Waals surface area contributed by atoms with Crippen molar-refractivity contribution in [2.75, 3.05) is 41.3 Å². The van der Waals surface area contributed by atoms with Crippen LogP contribution in [-0.4, -0.2) is 190 Å². The number of nitrogens with zero attached hydrogens (tertiary/aromatic N) is 5. The number of unbranched alkanes of at least 4 members (excludes halogenated alkanes) is 1. The van der Waals surface area contributed by atoms with Gasteiger partial charge >= 0.3 is 11.9 Å². The maximum absolute atomic E-state index is 15.4. The van der Waals surface area contributed by atoms with Crippen molar-refractivity contribution in [1.82, 2.24) is 40.4 Å². The average molecular weight is 1170 g/mol. The number of rotatable bonds is 17. The second kappa shape index (κ2) is 31.8. The number of fused-ring (bicyclic) bond motifs is 1. The number of carbonyl (C=O) groups is 10. The number of hydrogen-bond acceptors (Lipinski definition) is 13. The molecule has 2 aliphatic heterocycles. The first-order valence-electron chi connectivity index (χ1n) is 29.9. The number of nitrogens with one attached hydrogen (secondary N) is 3. The van der Waals surface area contributed by atoms with Crippen molar-refractivity contribution in [2.45, 2.75) is 200 Å². The third-order valence-electron chi connectivity index (χ3n) is 16.0. The summed E-state index contributed by atoms with van der Waals surface area (Å²) in [6.07, 6.45) is 0.140. The molecule has 4 rings (SSSR count). The Morgan fingerprint density at radius 3 is 1.67 bits per heavy atom. The van der Waals surface area contributed by atoms with Crippen LogP contribution in [0.2, 0.25) is 0 Å². The number of benzene rings is 2. The third-order valence-corrected chi connectivity index (χ3v) is 16.0. The standard InChI is InChI=1S/C63H96N8O13/c1-16-18-34-83-49(72)32-31-44-57(76)68(13)50(39(5)6)55(74)65-45(35-38(3)4)59(78)70(15)53(63(10,11)82)62(81)84-52(41(9)17-2)61(80)69(14)51(40(7)8)56(75)66-46(36-42-26-21-19-22-27-42)58(77)67(12)48(37-43-28-23-20-24-29-43)60(79)71-33-25-30-47(71)54(73)64-44/h19-24,26-29,38-41,44-48,50-53,82H,16-18,25,30-37H2,1-15H3,(H,64,73)(H,65,74)(H,66,75)/t41-,44-,45+,46+,47+,48+,50+,51+,52+,53-/m1/s1. The zero-order chi connectivity index (χ0) is 62.9. The lowest BCUT2D eigenvalue weighted by Crippen LogP contribution is -2.62. The van der Waals surface area contributed by atoms with Crippen LogP contribution in [0.15, 0.2) is 60.7 Å². The van der Waals surface area contributed by atoms with Gasteiger partial charge in [0, 0.05) is 59.9 Å². The van der Waals surface area contributed by atoms with Crippen LogP contribution in [0.3, 0.4) is 0 Å². The first-order chi connectivity index (χ1) is 39.5. The SMILES string of the molecule is CCCCOC(=O)CC[C@H]1NC(=O)[C@@H]2CCCN2C(=O)[C@H](Cc2ccccc2)N(C)C(=O)[C@H](Cc2ccccc2)NC(=O)[C@H](C(C)C)N(C)C(=O)[C@H]([C@H](C)CC)OC(=O)[C@H](C(C)(C)O)N(C)C(=O)[C@H](CC(C)C)NC(=O)[C@H](C(C)C)N(C)C1=O. The summed E-state index contributed by atoms with van der Waals surface area (Å²) >= 11 is 0. The second-order valence-corrected chi connectivity index (χ2v) is 24.5. The van der Waals surface area contributed by atoms with Crippen LogP contribution in [0.1, 0.15) is 139 Å². The molecule has 0 spiro atoms. The van der Waals surface area contributed by atoms with E-state index in [9.17, 15) is 43.5 Å². The molecule has 2 saturated heterocycles. The molecule has 21 heteroatoms. The van der Waals surface area contributed by atoms with Crippen LogP contribution in [0.25, 0.3) is 0 Å². The Morgan fingerprint density at radius 1 is 0.655 bits per heavy atom. The van der Waals surface area contributed by atoms with E-state index in [4.69, 9.17) is 9.47 Å². The first-order valence-corrected chi connectivity index (χ1v) is 29.9. The van der Waals surface area contributed by atoms with Crippen LogP contribution >= 0.6 is 0 Å². The fourth-order valence-electron chi connectivity index (χ4n) is 11.2. The lowest BCUT2D eigenvalue weighted by Gasteiger charge is -2.39. The minimum Gasteiger partial charge on any atom is -0.466 e. The molecule has 2 aromatic carbocycles. The summed E-state index contributed by atoms with van der Waals surface area (Å²) in [5, 5.41) is 20.3. The van der Waals surface area contributed by atoms with E-state index in [2.05, 4.69) is 16.0 Å². The highest BCUT2D eigenvalue weighted by Crippen LogP contribution is 2.27. The van der Waals surface area contributed by atoms with E-state index >= 15 is 9.59 Å². The highest BCUT2D eigenvalue weighted by atomic mass is 16.6. The zero-order valence-corrected chi connectivity index (χ0v) is 52.3. The number of amides is 8. The van der Waals surface area contributed by atoms with Crippen LogP contribution in [0.5, 0.6) is 0 Å². The predicted molar refractivity (Wildman–Crippen MR) is 317 cm³/mol. The Hall–Kier alpha value is -6.90. The molecule has 10 atom stereocenters. The molecule has 84 heavy (non-hydrogen) atoms. The molecule has 2 aromatic rings. The van der Waals surface area contributed by atoms with Gasteiger partial charge in [0.2, 0.25) is 41.4 Å². The lowest BCUT2D eigenvalue weighted by atomic mass is 9.94. The number of carbonyl (C=O) groups excluding carboxylic acids is 10. The van der Waals surface area contributed by atoms with Crippen molar-refractivity contribution in [3.63, 3.8) is 0 Å². The van der Waals surface area contributed by atoms with Crippen molar-refractivity contribution < 1.29 is 62.5 Å². The Labute approximate surface area is 497 Å². The van der Waals surface area contributed by atoms with Gasteiger partial charge in [-0.1, -0.05) is 129 Å². The predicted octanol–water partition coefficient (Wildman–Crippen LogP) is 4.45. The van der Waals surface area contributed by atoms with E-state index in [1.54, 1.807) is 96.1 Å². The van der Waals surface area contributed by atoms with Crippen molar-refractivity contribution in [2.24, 2.45) is 23.7 Å². The van der Waals surface area contributed by atoms with Gasteiger partial charge in [-0.2, -0.15) is 0 Å². The van der Waals surface area contributed by atoms with Crippen molar-refractivity contribution in [1.29, 1.82) is 0 Å². The molecular formula is C63H96N8O13. The molecule has 4 N–H and O–H groups in total. The molecule has 0 saturated carbocycles. The van der Waals surface area contributed by atoms with Gasteiger partial charge in [-0.25, -0.2) is 4.79 Å². The zero-order valence-electron chi connectivity index (χ0n) is 52.3. The lowest BCUT2D eigenvalue weighted by molar-refractivity contribution is -0.177. The van der Waals surface area contributed by atoms with Gasteiger partial charge in [0.1, 0.15) is 42.3 Å². The fourth-order valence-corrected chi connectivity index (χ4v) is 11.2. The molecule has 466 valence electrons. The number of aliphatic hydroxyl groups is 1. The van der Waals surface area contributed by atoms with E-state index in [1.165, 1.54) is 56.7 Å². The molecule has 2 fully saturated rings. The summed E-state index contributed by atoms with van der Waals surface area (Å²) in [4.78, 5) is 154. The van der Waals surface area contributed by atoms with Crippen LogP contribution in [0.4, 0.5) is 0 Å². The summed E-state index contributed by atoms with van der Waals surface area (Å²) in [7, 11) is 5.51. The molecule has 0 aliphatic carbocycles. The van der Waals surface area contributed by atoms with E-state index in [1.807, 2.05) is 26.8 Å². The van der Waals surface area contributed by atoms with E-state index < -0.39 is 137 Å². The fraction of sp³-hybridized carbons (Fsp3) is 0.651. The number of ether oxygens (including phenoxy) is 2. The summed E-state index contributed by atoms with van der Waals surface area (Å²) in [6, 6.07) is 7.17. The van der Waals surface area contributed by atoms with Gasteiger partial charge in [-0.05, 0) is 81.3 Å². The largest absolute Gasteiger partial charge is 0.466 e. The molecule has 2 aliphatic rings. The van der Waals surface area contributed by atoms with Gasteiger partial charge in [0.25, 0.3) is 5.91 Å². The minimum atomic E-state index is -2.01. The van der Waals surface area contributed by atoms with Crippen LogP contribution in [0, 0.1) is 23.7 Å². The van der Waals surface area contributed by atoms with E-state index in [0.29, 0.717) is 30.4 Å². The second-order valence-electron chi connectivity index (χ2n) is 24.5. The Kier molecular flexibility index (Phi) is 26.4. The molecule has 0 radical (unpaired) electrons. The Morgan fingerprint density at radius 2 is 1.15 bits per heavy atom. The summed E-state index contributed by atoms with van der Waals surface area (Å²) in [5.41, 5.74) is -0.650. The van der Waals surface area contributed by atoms with E-state index in [0.717, 1.165) is 16.2 Å². The number of likely N-dealkylation sites (N-methyl/N-ethyl adjacent to an activating group) is 4. The molecule has 8 amide bonds. The average Bonchev–Trinajstić information content (AvgIpc) is 3.71. The number of esters is 2. The van der Waals surface area contributed by atoms with Crippen molar-refractivity contribution in [3.8, 4) is 0 Å². The number of cyclic esters (lactones) is 1. The monoisotopic (exact) mass is 1170 g/mol. The molecule has 0 aromatic heterocycles. The Bertz CT molecular complexity index is 2570. The summed E-state index contributed by atoms with van der Waals surface area (Å²) in [5.74, 6) is -9.61. The summed E-state index contributed by atoms with van der Waals surface area (Å²) in [6.45, 7) is 18.7. The Balaban J connectivity index is 1.98. The molecule has 0 unspecified atom stereocenters. The highest BCUT2D eigenvalue weighted by molar-refractivity contribution is 5.99. The maximum atomic E-state index is 15.4. The molecule has 2 heterocycles. The highest BCUT2D eigenvalue weighted by Gasteiger charge is 2.48. The van der Waals surface area contributed by atoms with Gasteiger partial charge in [-0.15, -0.1) is 0 Å². The van der Waals surface area contributed by atoms with Crippen molar-refractivity contribution in [3.05, 3.63) is 71.8 Å². The maximum Gasteiger partial charge on any atom is 0.332 e.